The van der Waals surface area contributed by atoms with E-state index in [1.165, 1.54) is 12.3 Å². The number of phenols is 1. The zero-order valence-electron chi connectivity index (χ0n) is 9.69. The molecule has 94 valence electrons. The summed E-state index contributed by atoms with van der Waals surface area (Å²) in [7, 11) is 0. The van der Waals surface area contributed by atoms with Gasteiger partial charge in [0.15, 0.2) is 0 Å². The molecule has 0 spiro atoms. The lowest BCUT2D eigenvalue weighted by Gasteiger charge is -1.99. The van der Waals surface area contributed by atoms with E-state index >= 15 is 0 Å². The van der Waals surface area contributed by atoms with Crippen molar-refractivity contribution in [2.75, 3.05) is 5.73 Å². The van der Waals surface area contributed by atoms with Gasteiger partial charge >= 0.3 is 0 Å². The Kier molecular flexibility index (Phi) is 2.57. The average Bonchev–Trinajstić information content (AvgIpc) is 2.93. The first-order valence-corrected chi connectivity index (χ1v) is 5.43. The van der Waals surface area contributed by atoms with Gasteiger partial charge in [0.05, 0.1) is 11.9 Å². The summed E-state index contributed by atoms with van der Waals surface area (Å²) in [6, 6.07) is 4.71. The highest BCUT2D eigenvalue weighted by molar-refractivity contribution is 5.64. The zero-order chi connectivity index (χ0) is 13.2. The van der Waals surface area contributed by atoms with Crippen LogP contribution < -0.4 is 5.73 Å². The van der Waals surface area contributed by atoms with Crippen LogP contribution in [0.2, 0.25) is 0 Å². The van der Waals surface area contributed by atoms with Gasteiger partial charge < -0.3 is 15.4 Å². The number of hydrogen-bond acceptors (Lipinski definition) is 7. The predicted molar refractivity (Wildman–Crippen MR) is 66.8 cm³/mol. The van der Waals surface area contributed by atoms with Crippen molar-refractivity contribution in [3.05, 3.63) is 36.8 Å². The zero-order valence-corrected chi connectivity index (χ0v) is 9.69. The van der Waals surface area contributed by atoms with Crippen LogP contribution in [-0.4, -0.2) is 25.2 Å². The van der Waals surface area contributed by atoms with Crippen LogP contribution in [0, 0.1) is 0 Å². The molecule has 0 atom stereocenters. The lowest BCUT2D eigenvalue weighted by atomic mass is 10.2. The SMILES string of the molecule is Nc1ccc(-c2nc(-c3cnccn3)no2)cc1O. The van der Waals surface area contributed by atoms with Crippen LogP contribution >= 0.6 is 0 Å². The Morgan fingerprint density at radius 2 is 2.11 bits per heavy atom. The Morgan fingerprint density at radius 3 is 2.84 bits per heavy atom. The minimum atomic E-state index is -0.0308. The van der Waals surface area contributed by atoms with E-state index in [-0.39, 0.29) is 17.3 Å². The van der Waals surface area contributed by atoms with Gasteiger partial charge in [-0.2, -0.15) is 4.98 Å². The fraction of sp³-hybridized carbons (Fsp3) is 0. The summed E-state index contributed by atoms with van der Waals surface area (Å²) in [5.41, 5.74) is 6.91. The molecule has 0 amide bonds. The molecule has 0 aliphatic heterocycles. The van der Waals surface area contributed by atoms with Crippen LogP contribution in [0.1, 0.15) is 0 Å². The van der Waals surface area contributed by atoms with E-state index in [9.17, 15) is 5.11 Å². The molecule has 0 radical (unpaired) electrons. The first-order chi connectivity index (χ1) is 9.24. The molecule has 19 heavy (non-hydrogen) atoms. The molecular formula is C12H9N5O2. The fourth-order valence-corrected chi connectivity index (χ4v) is 1.54. The fourth-order valence-electron chi connectivity index (χ4n) is 1.54. The molecule has 2 heterocycles. The number of nitrogens with zero attached hydrogens (tertiary/aromatic N) is 4. The monoisotopic (exact) mass is 255 g/mol. The van der Waals surface area contributed by atoms with Gasteiger partial charge in [0.25, 0.3) is 5.89 Å². The Labute approximate surface area is 107 Å². The van der Waals surface area contributed by atoms with Gasteiger partial charge in [-0.3, -0.25) is 4.98 Å². The molecule has 0 aliphatic rings. The second-order valence-corrected chi connectivity index (χ2v) is 3.79. The van der Waals surface area contributed by atoms with Crippen molar-refractivity contribution in [1.82, 2.24) is 20.1 Å². The van der Waals surface area contributed by atoms with Crippen molar-refractivity contribution in [2.24, 2.45) is 0 Å². The molecule has 0 bridgehead atoms. The van der Waals surface area contributed by atoms with Crippen LogP contribution in [0.4, 0.5) is 5.69 Å². The largest absolute Gasteiger partial charge is 0.506 e. The summed E-state index contributed by atoms with van der Waals surface area (Å²) in [6.45, 7) is 0. The highest BCUT2D eigenvalue weighted by atomic mass is 16.5. The highest BCUT2D eigenvalue weighted by Gasteiger charge is 2.12. The van der Waals surface area contributed by atoms with Gasteiger partial charge in [0.1, 0.15) is 11.4 Å². The molecule has 0 aliphatic carbocycles. The average molecular weight is 255 g/mol. The Morgan fingerprint density at radius 1 is 1.21 bits per heavy atom. The molecule has 0 unspecified atom stereocenters. The lowest BCUT2D eigenvalue weighted by Crippen LogP contribution is -1.87. The van der Waals surface area contributed by atoms with E-state index < -0.39 is 0 Å². The maximum absolute atomic E-state index is 9.55. The second kappa shape index (κ2) is 4.37. The number of hydrogen-bond donors (Lipinski definition) is 2. The maximum Gasteiger partial charge on any atom is 0.258 e. The topological polar surface area (TPSA) is 111 Å². The maximum atomic E-state index is 9.55. The molecule has 3 N–H and O–H groups in total. The van der Waals surface area contributed by atoms with E-state index in [4.69, 9.17) is 10.3 Å². The molecule has 0 saturated heterocycles. The third-order valence-corrected chi connectivity index (χ3v) is 2.50. The van der Waals surface area contributed by atoms with E-state index in [0.29, 0.717) is 17.1 Å². The van der Waals surface area contributed by atoms with Crippen LogP contribution in [0.15, 0.2) is 41.3 Å². The van der Waals surface area contributed by atoms with Crippen molar-refractivity contribution in [3.8, 4) is 28.7 Å². The standard InChI is InChI=1S/C12H9N5O2/c13-8-2-1-7(5-10(8)18)12-16-11(17-19-12)9-6-14-3-4-15-9/h1-6,18H,13H2. The quantitative estimate of drug-likeness (QED) is 0.527. The Balaban J connectivity index is 1.99. The number of nitrogens with two attached hydrogens (primary N) is 1. The summed E-state index contributed by atoms with van der Waals surface area (Å²) in [5, 5.41) is 13.4. The van der Waals surface area contributed by atoms with Crippen molar-refractivity contribution in [3.63, 3.8) is 0 Å². The Hall–Kier alpha value is -2.96. The second-order valence-electron chi connectivity index (χ2n) is 3.79. The molecule has 0 saturated carbocycles. The minimum Gasteiger partial charge on any atom is -0.506 e. The highest BCUT2D eigenvalue weighted by Crippen LogP contribution is 2.27. The van der Waals surface area contributed by atoms with E-state index in [1.807, 2.05) is 0 Å². The molecule has 0 fully saturated rings. The van der Waals surface area contributed by atoms with E-state index in [1.54, 1.807) is 24.5 Å². The van der Waals surface area contributed by atoms with Crippen molar-refractivity contribution >= 4 is 5.69 Å². The molecule has 3 rings (SSSR count). The van der Waals surface area contributed by atoms with Crippen LogP contribution in [0.5, 0.6) is 5.75 Å². The lowest BCUT2D eigenvalue weighted by molar-refractivity contribution is 0.431. The minimum absolute atomic E-state index is 0.0308. The van der Waals surface area contributed by atoms with Crippen molar-refractivity contribution in [1.29, 1.82) is 0 Å². The van der Waals surface area contributed by atoms with Gasteiger partial charge in [0, 0.05) is 18.0 Å². The van der Waals surface area contributed by atoms with Crippen LogP contribution in [0.25, 0.3) is 23.0 Å². The first-order valence-electron chi connectivity index (χ1n) is 5.43. The van der Waals surface area contributed by atoms with Gasteiger partial charge in [0.2, 0.25) is 5.82 Å². The van der Waals surface area contributed by atoms with E-state index in [2.05, 4.69) is 20.1 Å². The van der Waals surface area contributed by atoms with Crippen molar-refractivity contribution < 1.29 is 9.63 Å². The van der Waals surface area contributed by atoms with Gasteiger partial charge in [-0.05, 0) is 18.2 Å². The van der Waals surface area contributed by atoms with Gasteiger partial charge in [-0.25, -0.2) is 4.98 Å². The summed E-state index contributed by atoms with van der Waals surface area (Å²) in [5.74, 6) is 0.576. The number of aromatic hydroxyl groups is 1. The summed E-state index contributed by atoms with van der Waals surface area (Å²) in [4.78, 5) is 12.2. The van der Waals surface area contributed by atoms with E-state index in [0.717, 1.165) is 0 Å². The predicted octanol–water partition coefficient (Wildman–Crippen LogP) is 1.48. The normalized spacial score (nSPS) is 10.5. The van der Waals surface area contributed by atoms with Gasteiger partial charge in [-0.15, -0.1) is 0 Å². The smallest absolute Gasteiger partial charge is 0.258 e. The number of benzene rings is 1. The number of phenolic OH excluding ortho intramolecular Hbond substituents is 1. The number of anilines is 1. The van der Waals surface area contributed by atoms with Crippen LogP contribution in [-0.2, 0) is 0 Å². The third kappa shape index (κ3) is 2.08. The number of nitrogen functional groups attached to an aromatic ring is 1. The Bertz CT molecular complexity index is 711. The number of rotatable bonds is 2. The molecule has 7 nitrogen and oxygen atoms in total. The molecule has 1 aromatic carbocycles. The summed E-state index contributed by atoms with van der Waals surface area (Å²) >= 11 is 0. The van der Waals surface area contributed by atoms with Crippen LogP contribution in [0.3, 0.4) is 0 Å². The molecule has 3 aromatic rings. The van der Waals surface area contributed by atoms with Gasteiger partial charge in [-0.1, -0.05) is 5.16 Å². The molecule has 7 heteroatoms. The molecular weight excluding hydrogens is 246 g/mol. The first kappa shape index (κ1) is 11.1. The summed E-state index contributed by atoms with van der Waals surface area (Å²) in [6.07, 6.45) is 4.64. The van der Waals surface area contributed by atoms with Crippen molar-refractivity contribution in [2.45, 2.75) is 0 Å². The number of aromatic nitrogens is 4. The summed E-state index contributed by atoms with van der Waals surface area (Å²) < 4.78 is 5.12. The molecule has 2 aromatic heterocycles. The third-order valence-electron chi connectivity index (χ3n) is 2.50.